The number of carbonyl (C=O) groups excluding carboxylic acids is 2. The van der Waals surface area contributed by atoms with E-state index in [1.54, 1.807) is 30.1 Å². The zero-order valence-electron chi connectivity index (χ0n) is 21.8. The van der Waals surface area contributed by atoms with Crippen LogP contribution in [0.4, 0.5) is 11.4 Å². The number of halogens is 1. The van der Waals surface area contributed by atoms with Crippen LogP contribution in [0.5, 0.6) is 5.75 Å². The van der Waals surface area contributed by atoms with Crippen LogP contribution in [0.25, 0.3) is 11.1 Å². The number of amides is 1. The van der Waals surface area contributed by atoms with E-state index in [1.807, 2.05) is 30.3 Å². The number of hydrogen-bond donors (Lipinski definition) is 2. The molecule has 202 valence electrons. The van der Waals surface area contributed by atoms with Gasteiger partial charge in [0.25, 0.3) is 5.91 Å². The van der Waals surface area contributed by atoms with Crippen molar-refractivity contribution in [2.24, 2.45) is 0 Å². The lowest BCUT2D eigenvalue weighted by Gasteiger charge is -2.32. The molecule has 2 heterocycles. The summed E-state index contributed by atoms with van der Waals surface area (Å²) in [6, 6.07) is 14.9. The van der Waals surface area contributed by atoms with Gasteiger partial charge in [-0.3, -0.25) is 4.79 Å². The van der Waals surface area contributed by atoms with Gasteiger partial charge >= 0.3 is 5.97 Å². The number of benzene rings is 3. The summed E-state index contributed by atoms with van der Waals surface area (Å²) >= 11 is 6.51. The fourth-order valence-corrected chi connectivity index (χ4v) is 5.27. The molecule has 2 aliphatic rings. The monoisotopic (exact) mass is 548 g/mol. The molecule has 3 aromatic carbocycles. The number of ether oxygens (including phenoxy) is 3. The highest BCUT2D eigenvalue weighted by atomic mass is 35.5. The molecule has 10 heteroatoms. The molecule has 0 aliphatic carbocycles. The van der Waals surface area contributed by atoms with E-state index in [2.05, 4.69) is 10.2 Å². The predicted molar refractivity (Wildman–Crippen MR) is 151 cm³/mol. The quantitative estimate of drug-likeness (QED) is 0.341. The predicted octanol–water partition coefficient (Wildman–Crippen LogP) is 4.66. The zero-order chi connectivity index (χ0) is 27.5. The van der Waals surface area contributed by atoms with Gasteiger partial charge in [-0.2, -0.15) is 0 Å². The van der Waals surface area contributed by atoms with Gasteiger partial charge in [-0.1, -0.05) is 35.9 Å². The Labute approximate surface area is 231 Å². The third kappa shape index (κ3) is 5.03. The number of methoxy groups -OCH3 is 1. The van der Waals surface area contributed by atoms with Gasteiger partial charge in [-0.05, 0) is 29.8 Å². The van der Waals surface area contributed by atoms with Gasteiger partial charge in [0.1, 0.15) is 5.75 Å². The van der Waals surface area contributed by atoms with Gasteiger partial charge in [0, 0.05) is 48.7 Å². The van der Waals surface area contributed by atoms with Crippen molar-refractivity contribution in [1.82, 2.24) is 4.90 Å². The Balaban J connectivity index is 1.46. The first-order valence-corrected chi connectivity index (χ1v) is 12.9. The van der Waals surface area contributed by atoms with E-state index < -0.39 is 5.97 Å². The SMILES string of the molecule is CNc1ccc(C(=O)N2COc3c(cccc3-c3ccc(C(=O)OC)c(N4CCOCC4)c3)C2)c(Cl)c1C=N. The average Bonchev–Trinajstić information content (AvgIpc) is 2.99. The minimum absolute atomic E-state index is 0.0451. The molecule has 0 aromatic heterocycles. The molecule has 1 amide bonds. The minimum atomic E-state index is -0.392. The number of hydrogen-bond acceptors (Lipinski definition) is 8. The molecule has 0 atom stereocenters. The van der Waals surface area contributed by atoms with Gasteiger partial charge in [0.15, 0.2) is 6.73 Å². The Hall–Kier alpha value is -4.08. The van der Waals surface area contributed by atoms with Crippen molar-refractivity contribution in [3.8, 4) is 16.9 Å². The molecule has 0 radical (unpaired) electrons. The number of anilines is 2. The number of esters is 1. The summed E-state index contributed by atoms with van der Waals surface area (Å²) in [6.07, 6.45) is 1.13. The van der Waals surface area contributed by atoms with Crippen LogP contribution in [0.15, 0.2) is 48.5 Å². The van der Waals surface area contributed by atoms with Crippen LogP contribution in [-0.4, -0.2) is 70.2 Å². The molecular weight excluding hydrogens is 520 g/mol. The number of rotatable bonds is 6. The van der Waals surface area contributed by atoms with Crippen molar-refractivity contribution in [2.45, 2.75) is 6.54 Å². The van der Waals surface area contributed by atoms with Crippen molar-refractivity contribution in [2.75, 3.05) is 57.4 Å². The number of carbonyl (C=O) groups is 2. The minimum Gasteiger partial charge on any atom is -0.472 e. The third-order valence-electron chi connectivity index (χ3n) is 7.00. The van der Waals surface area contributed by atoms with Gasteiger partial charge in [0.05, 0.1) is 48.7 Å². The van der Waals surface area contributed by atoms with Crippen LogP contribution in [0.3, 0.4) is 0 Å². The molecule has 2 N–H and O–H groups in total. The van der Waals surface area contributed by atoms with Crippen molar-refractivity contribution in [3.63, 3.8) is 0 Å². The van der Waals surface area contributed by atoms with Crippen molar-refractivity contribution < 1.29 is 23.8 Å². The molecule has 0 bridgehead atoms. The smallest absolute Gasteiger partial charge is 0.339 e. The third-order valence-corrected chi connectivity index (χ3v) is 7.41. The summed E-state index contributed by atoms with van der Waals surface area (Å²) in [7, 11) is 3.11. The lowest BCUT2D eigenvalue weighted by molar-refractivity contribution is 0.0515. The second-order valence-corrected chi connectivity index (χ2v) is 9.55. The molecule has 39 heavy (non-hydrogen) atoms. The first-order chi connectivity index (χ1) is 19.0. The molecular formula is C29H29ClN4O5. The topological polar surface area (TPSA) is 104 Å². The lowest BCUT2D eigenvalue weighted by atomic mass is 9.97. The molecule has 1 fully saturated rings. The van der Waals surface area contributed by atoms with E-state index >= 15 is 0 Å². The zero-order valence-corrected chi connectivity index (χ0v) is 22.5. The van der Waals surface area contributed by atoms with E-state index in [0.717, 1.165) is 28.6 Å². The van der Waals surface area contributed by atoms with Crippen LogP contribution in [-0.2, 0) is 16.0 Å². The summed E-state index contributed by atoms with van der Waals surface area (Å²) in [4.78, 5) is 29.6. The van der Waals surface area contributed by atoms with Gasteiger partial charge < -0.3 is 34.7 Å². The second-order valence-electron chi connectivity index (χ2n) is 9.18. The largest absolute Gasteiger partial charge is 0.472 e. The second kappa shape index (κ2) is 11.3. The molecule has 0 unspecified atom stereocenters. The summed E-state index contributed by atoms with van der Waals surface area (Å²) < 4.78 is 16.7. The summed E-state index contributed by atoms with van der Waals surface area (Å²) in [5, 5.41) is 10.9. The molecule has 3 aromatic rings. The molecule has 9 nitrogen and oxygen atoms in total. The van der Waals surface area contributed by atoms with E-state index in [4.69, 9.17) is 31.2 Å². The average molecular weight is 549 g/mol. The van der Waals surface area contributed by atoms with E-state index in [9.17, 15) is 9.59 Å². The van der Waals surface area contributed by atoms with Crippen molar-refractivity contribution in [1.29, 1.82) is 5.41 Å². The maximum atomic E-state index is 13.4. The van der Waals surface area contributed by atoms with Crippen LogP contribution in [0, 0.1) is 5.41 Å². The fraction of sp³-hybridized carbons (Fsp3) is 0.276. The lowest BCUT2D eigenvalue weighted by Crippen LogP contribution is -2.37. The van der Waals surface area contributed by atoms with Crippen LogP contribution < -0.4 is 15.0 Å². The van der Waals surface area contributed by atoms with Gasteiger partial charge in [0.2, 0.25) is 0 Å². The number of morpholine rings is 1. The van der Waals surface area contributed by atoms with Crippen LogP contribution in [0.1, 0.15) is 31.8 Å². The molecule has 0 saturated carbocycles. The van der Waals surface area contributed by atoms with Gasteiger partial charge in [-0.15, -0.1) is 0 Å². The van der Waals surface area contributed by atoms with Gasteiger partial charge in [-0.25, -0.2) is 4.79 Å². The van der Waals surface area contributed by atoms with E-state index in [-0.39, 0.29) is 17.7 Å². The molecule has 0 spiro atoms. The molecule has 2 aliphatic heterocycles. The first-order valence-electron chi connectivity index (χ1n) is 12.6. The number of fused-ring (bicyclic) bond motifs is 1. The molecule has 5 rings (SSSR count). The Morgan fingerprint density at radius 1 is 1.10 bits per heavy atom. The summed E-state index contributed by atoms with van der Waals surface area (Å²) in [5.74, 6) is 0.0204. The Morgan fingerprint density at radius 2 is 1.87 bits per heavy atom. The van der Waals surface area contributed by atoms with Crippen LogP contribution in [0.2, 0.25) is 5.02 Å². The van der Waals surface area contributed by atoms with Crippen molar-refractivity contribution >= 4 is 41.1 Å². The highest BCUT2D eigenvalue weighted by molar-refractivity contribution is 6.36. The highest BCUT2D eigenvalue weighted by Gasteiger charge is 2.28. The van der Waals surface area contributed by atoms with E-state index in [1.165, 1.54) is 7.11 Å². The first kappa shape index (κ1) is 26.5. The molecule has 1 saturated heterocycles. The Morgan fingerprint density at radius 3 is 2.59 bits per heavy atom. The van der Waals surface area contributed by atoms with Crippen LogP contribution >= 0.6 is 11.6 Å². The Bertz CT molecular complexity index is 1440. The number of nitrogens with zero attached hydrogens (tertiary/aromatic N) is 2. The maximum absolute atomic E-state index is 13.4. The highest BCUT2D eigenvalue weighted by Crippen LogP contribution is 2.39. The fourth-order valence-electron chi connectivity index (χ4n) is 4.97. The Kier molecular flexibility index (Phi) is 7.72. The number of nitrogens with one attached hydrogen (secondary N) is 2. The maximum Gasteiger partial charge on any atom is 0.339 e. The standard InChI is InChI=1S/C29H29ClN4O5/c1-32-24-9-8-22(26(30)23(24)15-31)28(35)34-16-19-4-3-5-20(27(19)39-17-34)18-6-7-21(29(36)37-2)25(14-18)33-10-12-38-13-11-33/h3-9,14-15,31-32H,10-13,16-17H2,1-2H3. The normalized spacial score (nSPS) is 14.7. The van der Waals surface area contributed by atoms with Crippen molar-refractivity contribution in [3.05, 3.63) is 75.8 Å². The summed E-state index contributed by atoms with van der Waals surface area (Å²) in [5.41, 5.74) is 5.34. The van der Waals surface area contributed by atoms with E-state index in [0.29, 0.717) is 61.0 Å². The summed E-state index contributed by atoms with van der Waals surface area (Å²) in [6.45, 7) is 2.89. The number of para-hydroxylation sites is 1.